The molecule has 0 aliphatic rings. The molecule has 0 aliphatic heterocycles. The van der Waals surface area contributed by atoms with Crippen molar-refractivity contribution in [2.45, 2.75) is 19.4 Å². The fourth-order valence-corrected chi connectivity index (χ4v) is 1.11. The van der Waals surface area contributed by atoms with Gasteiger partial charge < -0.3 is 18.1 Å². The van der Waals surface area contributed by atoms with Gasteiger partial charge in [0.15, 0.2) is 0 Å². The second-order valence-electron chi connectivity index (χ2n) is 3.76. The molecule has 1 aromatic rings. The van der Waals surface area contributed by atoms with Gasteiger partial charge in [0.1, 0.15) is 0 Å². The van der Waals surface area contributed by atoms with Gasteiger partial charge in [0.05, 0.1) is 5.60 Å². The first kappa shape index (κ1) is 15.7. The normalized spacial score (nSPS) is 12.1. The van der Waals surface area contributed by atoms with Crippen LogP contribution < -0.4 is 56.8 Å². The van der Waals surface area contributed by atoms with Crippen molar-refractivity contribution < 1.29 is 69.4 Å². The van der Waals surface area contributed by atoms with Crippen LogP contribution in [0.4, 0.5) is 12.9 Å². The van der Waals surface area contributed by atoms with Crippen molar-refractivity contribution in [1.82, 2.24) is 0 Å². The molecule has 0 atom stereocenters. The number of benzene rings is 1. The van der Waals surface area contributed by atoms with Crippen LogP contribution in [-0.2, 0) is 5.60 Å². The molecular formula is C9H11BF3KO. The zero-order chi connectivity index (χ0) is 11.0. The van der Waals surface area contributed by atoms with E-state index < -0.39 is 18.0 Å². The van der Waals surface area contributed by atoms with Crippen LogP contribution in [0.25, 0.3) is 0 Å². The summed E-state index contributed by atoms with van der Waals surface area (Å²) in [6.45, 7) is -1.88. The van der Waals surface area contributed by atoms with E-state index in [9.17, 15) is 18.1 Å². The van der Waals surface area contributed by atoms with Gasteiger partial charge in [-0.25, -0.2) is 0 Å². The predicted octanol–water partition coefficient (Wildman–Crippen LogP) is -1.03. The molecule has 0 saturated carbocycles. The number of hydrogen-bond acceptors (Lipinski definition) is 1. The molecule has 6 heteroatoms. The fourth-order valence-electron chi connectivity index (χ4n) is 1.11. The first-order chi connectivity index (χ1) is 6.21. The Labute approximate surface area is 130 Å². The van der Waals surface area contributed by atoms with E-state index >= 15 is 0 Å². The largest absolute Gasteiger partial charge is 1.00 e. The second-order valence-corrected chi connectivity index (χ2v) is 3.76. The Kier molecular flexibility index (Phi) is 5.57. The van der Waals surface area contributed by atoms with Gasteiger partial charge in [-0.3, -0.25) is 0 Å². The first-order valence-electron chi connectivity index (χ1n) is 4.24. The molecule has 0 bridgehead atoms. The van der Waals surface area contributed by atoms with Crippen molar-refractivity contribution in [3.05, 3.63) is 29.8 Å². The summed E-state index contributed by atoms with van der Waals surface area (Å²) in [7, 11) is 0. The van der Waals surface area contributed by atoms with Crippen LogP contribution in [0.3, 0.4) is 0 Å². The zero-order valence-electron chi connectivity index (χ0n) is 8.97. The summed E-state index contributed by atoms with van der Waals surface area (Å²) in [6, 6.07) is 4.58. The third kappa shape index (κ3) is 4.58. The Hall–Kier alpha value is 0.671. The molecule has 1 aromatic carbocycles. The monoisotopic (exact) mass is 242 g/mol. The number of hydrogen-bond donors (Lipinski definition) is 1. The van der Waals surface area contributed by atoms with E-state index in [4.69, 9.17) is 0 Å². The fraction of sp³-hybridized carbons (Fsp3) is 0.333. The van der Waals surface area contributed by atoms with Gasteiger partial charge in [-0.2, -0.15) is 0 Å². The van der Waals surface area contributed by atoms with E-state index in [1.54, 1.807) is 0 Å². The van der Waals surface area contributed by atoms with Crippen LogP contribution >= 0.6 is 0 Å². The van der Waals surface area contributed by atoms with Gasteiger partial charge in [-0.1, -0.05) is 24.3 Å². The van der Waals surface area contributed by atoms with E-state index in [1.807, 2.05) is 0 Å². The smallest absolute Gasteiger partial charge is 0.445 e. The Morgan fingerprint density at radius 2 is 1.47 bits per heavy atom. The average Bonchev–Trinajstić information content (AvgIpc) is 2.01. The summed E-state index contributed by atoms with van der Waals surface area (Å²) in [5.74, 6) is 0. The maximum atomic E-state index is 12.2. The SMILES string of the molecule is CC(C)(O)c1ccc([B-](F)(F)F)cc1.[K+]. The molecule has 1 N–H and O–H groups in total. The van der Waals surface area contributed by atoms with Gasteiger partial charge in [0.25, 0.3) is 0 Å². The molecule has 0 unspecified atom stereocenters. The van der Waals surface area contributed by atoms with Crippen molar-refractivity contribution >= 4 is 12.4 Å². The van der Waals surface area contributed by atoms with E-state index in [2.05, 4.69) is 0 Å². The standard InChI is InChI=1S/C9H11BF3O.K/c1-9(2,14)7-3-5-8(6-4-7)10(11,12)13;/h3-6,14H,1-2H3;/q-1;+1. The van der Waals surface area contributed by atoms with Crippen molar-refractivity contribution in [1.29, 1.82) is 0 Å². The Balaban J connectivity index is 0.00000196. The third-order valence-corrected chi connectivity index (χ3v) is 2.00. The summed E-state index contributed by atoms with van der Waals surface area (Å²) in [4.78, 5) is 0. The summed E-state index contributed by atoms with van der Waals surface area (Å²) in [6.07, 6.45) is 0. The van der Waals surface area contributed by atoms with Crippen LogP contribution in [0.2, 0.25) is 0 Å². The second kappa shape index (κ2) is 5.34. The molecule has 1 rings (SSSR count). The maximum Gasteiger partial charge on any atom is 1.00 e. The van der Waals surface area contributed by atoms with Crippen molar-refractivity contribution in [3.8, 4) is 0 Å². The van der Waals surface area contributed by atoms with Crippen molar-refractivity contribution in [2.24, 2.45) is 0 Å². The molecular weight excluding hydrogens is 231 g/mol. The molecule has 78 valence electrons. The van der Waals surface area contributed by atoms with Crippen molar-refractivity contribution in [2.75, 3.05) is 0 Å². The molecule has 0 aromatic heterocycles. The summed E-state index contributed by atoms with van der Waals surface area (Å²) in [5.41, 5.74) is -1.27. The van der Waals surface area contributed by atoms with Gasteiger partial charge in [0.2, 0.25) is 0 Å². The van der Waals surface area contributed by atoms with Gasteiger partial charge >= 0.3 is 58.4 Å². The van der Waals surface area contributed by atoms with E-state index in [-0.39, 0.29) is 51.4 Å². The average molecular weight is 242 g/mol. The minimum Gasteiger partial charge on any atom is -0.445 e. The predicted molar refractivity (Wildman–Crippen MR) is 50.4 cm³/mol. The molecule has 0 fully saturated rings. The van der Waals surface area contributed by atoms with Crippen molar-refractivity contribution in [3.63, 3.8) is 0 Å². The molecule has 0 radical (unpaired) electrons. The molecule has 0 saturated heterocycles. The van der Waals surface area contributed by atoms with Crippen LogP contribution in [0.15, 0.2) is 24.3 Å². The molecule has 0 amide bonds. The molecule has 1 nitrogen and oxygen atoms in total. The molecule has 0 aliphatic carbocycles. The maximum absolute atomic E-state index is 12.2. The summed E-state index contributed by atoms with van der Waals surface area (Å²) in [5, 5.41) is 9.51. The third-order valence-electron chi connectivity index (χ3n) is 2.00. The minimum absolute atomic E-state index is 0. The summed E-state index contributed by atoms with van der Waals surface area (Å²) < 4.78 is 36.6. The van der Waals surface area contributed by atoms with Gasteiger partial charge in [-0.05, 0) is 19.4 Å². The Bertz CT molecular complexity index is 283. The molecule has 0 spiro atoms. The number of halogens is 3. The molecule has 0 heterocycles. The van der Waals surface area contributed by atoms with Crippen LogP contribution in [0, 0.1) is 0 Å². The summed E-state index contributed by atoms with van der Waals surface area (Å²) >= 11 is 0. The quantitative estimate of drug-likeness (QED) is 0.658. The molecule has 15 heavy (non-hydrogen) atoms. The number of aliphatic hydroxyl groups is 1. The zero-order valence-corrected chi connectivity index (χ0v) is 12.1. The van der Waals surface area contributed by atoms with E-state index in [0.717, 1.165) is 12.1 Å². The van der Waals surface area contributed by atoms with E-state index in [0.29, 0.717) is 5.56 Å². The van der Waals surface area contributed by atoms with Gasteiger partial charge in [-0.15, -0.1) is 5.46 Å². The van der Waals surface area contributed by atoms with Crippen LogP contribution in [-0.4, -0.2) is 12.1 Å². The van der Waals surface area contributed by atoms with E-state index in [1.165, 1.54) is 26.0 Å². The first-order valence-corrected chi connectivity index (χ1v) is 4.24. The van der Waals surface area contributed by atoms with Crippen LogP contribution in [0.1, 0.15) is 19.4 Å². The number of rotatable bonds is 2. The van der Waals surface area contributed by atoms with Crippen LogP contribution in [0.5, 0.6) is 0 Å². The topological polar surface area (TPSA) is 20.2 Å². The van der Waals surface area contributed by atoms with Gasteiger partial charge in [0, 0.05) is 0 Å². The Morgan fingerprint density at radius 3 is 1.73 bits per heavy atom. The minimum atomic E-state index is -4.94. The Morgan fingerprint density at radius 1 is 1.07 bits per heavy atom.